The predicted octanol–water partition coefficient (Wildman–Crippen LogP) is -2.08. The molecule has 198 valence electrons. The van der Waals surface area contributed by atoms with Crippen LogP contribution in [0.3, 0.4) is 0 Å². The zero-order valence-corrected chi connectivity index (χ0v) is 20.8. The van der Waals surface area contributed by atoms with Crippen molar-refractivity contribution in [2.45, 2.75) is 65.1 Å². The highest BCUT2D eigenvalue weighted by molar-refractivity contribution is 5.95. The lowest BCUT2D eigenvalue weighted by atomic mass is 9.97. The fraction of sp³-hybridized carbons (Fsp3) is 0.727. The Labute approximate surface area is 204 Å². The molecule has 1 fully saturated rings. The highest BCUT2D eigenvalue weighted by Gasteiger charge is 2.39. The van der Waals surface area contributed by atoms with Gasteiger partial charge in [0.05, 0.1) is 13.1 Å². The maximum Gasteiger partial charge on any atom is 0.322 e. The van der Waals surface area contributed by atoms with Crippen molar-refractivity contribution < 1.29 is 33.9 Å². The van der Waals surface area contributed by atoms with Gasteiger partial charge in [-0.05, 0) is 24.7 Å². The van der Waals surface area contributed by atoms with E-state index in [0.717, 1.165) is 0 Å². The lowest BCUT2D eigenvalue weighted by Gasteiger charge is -2.31. The molecule has 13 nitrogen and oxygen atoms in total. The Kier molecular flexibility index (Phi) is 12.1. The number of amides is 5. The van der Waals surface area contributed by atoms with Gasteiger partial charge < -0.3 is 37.0 Å². The standard InChI is InChI=1S/C22H38N6O7/c1-5-13(4)19(26-15(29)9-23)22(35)28-8-6-7-14(28)20(33)24-10-16(30)27-18(12(2)3)21(34)25-11-17(31)32/h12-14,18-19H,5-11,23H2,1-4H3,(H,24,33)(H,25,34)(H,26,29)(H,27,30)(H,31,32)/t13-,14-,18-,19-/m0/s1. The highest BCUT2D eigenvalue weighted by atomic mass is 16.4. The van der Waals surface area contributed by atoms with E-state index in [9.17, 15) is 28.8 Å². The van der Waals surface area contributed by atoms with E-state index >= 15 is 0 Å². The lowest BCUT2D eigenvalue weighted by molar-refractivity contribution is -0.142. The first kappa shape index (κ1) is 29.8. The van der Waals surface area contributed by atoms with Crippen LogP contribution < -0.4 is 27.0 Å². The number of likely N-dealkylation sites (tertiary alicyclic amines) is 1. The average molecular weight is 499 g/mol. The minimum absolute atomic E-state index is 0.173. The maximum atomic E-state index is 13.2. The minimum Gasteiger partial charge on any atom is -0.480 e. The Morgan fingerprint density at radius 3 is 2.14 bits per heavy atom. The highest BCUT2D eigenvalue weighted by Crippen LogP contribution is 2.21. The van der Waals surface area contributed by atoms with Gasteiger partial charge in [0, 0.05) is 6.54 Å². The zero-order valence-electron chi connectivity index (χ0n) is 20.8. The molecule has 0 aromatic heterocycles. The van der Waals surface area contributed by atoms with Crippen LogP contribution in [0.15, 0.2) is 0 Å². The van der Waals surface area contributed by atoms with Crippen molar-refractivity contribution in [3.63, 3.8) is 0 Å². The van der Waals surface area contributed by atoms with Crippen LogP contribution in [0.1, 0.15) is 47.0 Å². The molecule has 1 rings (SSSR count). The number of nitrogens with zero attached hydrogens (tertiary/aromatic N) is 1. The van der Waals surface area contributed by atoms with Crippen molar-refractivity contribution in [2.75, 3.05) is 26.2 Å². The zero-order chi connectivity index (χ0) is 26.7. The largest absolute Gasteiger partial charge is 0.480 e. The summed E-state index contributed by atoms with van der Waals surface area (Å²) in [7, 11) is 0. The van der Waals surface area contributed by atoms with Crippen LogP contribution in [0.5, 0.6) is 0 Å². The molecule has 5 amide bonds. The summed E-state index contributed by atoms with van der Waals surface area (Å²) >= 11 is 0. The summed E-state index contributed by atoms with van der Waals surface area (Å²) in [5, 5.41) is 18.5. The summed E-state index contributed by atoms with van der Waals surface area (Å²) in [5.41, 5.74) is 5.37. The Morgan fingerprint density at radius 2 is 1.60 bits per heavy atom. The predicted molar refractivity (Wildman–Crippen MR) is 126 cm³/mol. The average Bonchev–Trinajstić information content (AvgIpc) is 3.31. The van der Waals surface area contributed by atoms with Gasteiger partial charge >= 0.3 is 5.97 Å². The number of carboxylic acids is 1. The van der Waals surface area contributed by atoms with Gasteiger partial charge in [0.25, 0.3) is 0 Å². The van der Waals surface area contributed by atoms with Gasteiger partial charge in [-0.15, -0.1) is 0 Å². The van der Waals surface area contributed by atoms with E-state index in [-0.39, 0.29) is 24.3 Å². The number of hydrogen-bond acceptors (Lipinski definition) is 7. The molecule has 35 heavy (non-hydrogen) atoms. The van der Waals surface area contributed by atoms with Gasteiger partial charge in [0.2, 0.25) is 29.5 Å². The van der Waals surface area contributed by atoms with Crippen molar-refractivity contribution >= 4 is 35.5 Å². The van der Waals surface area contributed by atoms with Crippen LogP contribution in [0, 0.1) is 11.8 Å². The molecule has 0 aliphatic carbocycles. The van der Waals surface area contributed by atoms with E-state index in [1.807, 2.05) is 13.8 Å². The van der Waals surface area contributed by atoms with E-state index < -0.39 is 60.8 Å². The first-order valence-corrected chi connectivity index (χ1v) is 11.8. The van der Waals surface area contributed by atoms with Crippen molar-refractivity contribution in [1.29, 1.82) is 0 Å². The molecule has 7 N–H and O–H groups in total. The van der Waals surface area contributed by atoms with Crippen molar-refractivity contribution in [1.82, 2.24) is 26.2 Å². The van der Waals surface area contributed by atoms with Crippen molar-refractivity contribution in [3.8, 4) is 0 Å². The number of carbonyl (C=O) groups excluding carboxylic acids is 5. The van der Waals surface area contributed by atoms with Crippen molar-refractivity contribution in [3.05, 3.63) is 0 Å². The van der Waals surface area contributed by atoms with Crippen LogP contribution >= 0.6 is 0 Å². The molecule has 0 saturated carbocycles. The number of nitrogens with two attached hydrogens (primary N) is 1. The summed E-state index contributed by atoms with van der Waals surface area (Å²) in [4.78, 5) is 74.4. The summed E-state index contributed by atoms with van der Waals surface area (Å²) in [6.07, 6.45) is 1.62. The molecular formula is C22H38N6O7. The first-order valence-electron chi connectivity index (χ1n) is 11.8. The summed E-state index contributed by atoms with van der Waals surface area (Å²) < 4.78 is 0. The normalized spacial score (nSPS) is 17.8. The number of rotatable bonds is 13. The second kappa shape index (κ2) is 14.2. The monoisotopic (exact) mass is 498 g/mol. The number of carbonyl (C=O) groups is 6. The molecule has 13 heteroatoms. The molecule has 1 aliphatic rings. The van der Waals surface area contributed by atoms with Gasteiger partial charge in [0.1, 0.15) is 24.7 Å². The molecule has 1 heterocycles. The third kappa shape index (κ3) is 9.15. The van der Waals surface area contributed by atoms with Gasteiger partial charge in [-0.2, -0.15) is 0 Å². The Balaban J connectivity index is 2.76. The van der Waals surface area contributed by atoms with Crippen molar-refractivity contribution in [2.24, 2.45) is 17.6 Å². The second-order valence-electron chi connectivity index (χ2n) is 8.94. The molecule has 0 aromatic rings. The molecule has 0 unspecified atom stereocenters. The van der Waals surface area contributed by atoms with Crippen LogP contribution in [-0.2, 0) is 28.8 Å². The van der Waals surface area contributed by atoms with Gasteiger partial charge in [-0.25, -0.2) is 0 Å². The number of hydrogen-bond donors (Lipinski definition) is 6. The third-order valence-electron chi connectivity index (χ3n) is 5.92. The Bertz CT molecular complexity index is 803. The van der Waals surface area contributed by atoms with Crippen LogP contribution in [-0.4, -0.2) is 89.8 Å². The van der Waals surface area contributed by atoms with E-state index in [2.05, 4.69) is 21.3 Å². The minimum atomic E-state index is -1.21. The number of carboxylic acid groups (broad SMARTS) is 1. The Hall–Kier alpha value is -3.22. The molecular weight excluding hydrogens is 460 g/mol. The van der Waals surface area contributed by atoms with Gasteiger partial charge in [-0.1, -0.05) is 34.1 Å². The molecule has 1 aliphatic heterocycles. The second-order valence-corrected chi connectivity index (χ2v) is 8.94. The topological polar surface area (TPSA) is 200 Å². The lowest BCUT2D eigenvalue weighted by Crippen LogP contribution is -2.57. The fourth-order valence-corrected chi connectivity index (χ4v) is 3.71. The molecule has 0 aromatic carbocycles. The van der Waals surface area contributed by atoms with E-state index in [1.54, 1.807) is 13.8 Å². The smallest absolute Gasteiger partial charge is 0.322 e. The maximum absolute atomic E-state index is 13.2. The number of aliphatic carboxylic acids is 1. The van der Waals surface area contributed by atoms with Crippen LogP contribution in [0.2, 0.25) is 0 Å². The summed E-state index contributed by atoms with van der Waals surface area (Å²) in [6, 6.07) is -2.59. The summed E-state index contributed by atoms with van der Waals surface area (Å²) in [6.45, 7) is 6.16. The SMILES string of the molecule is CC[C@H](C)[C@H](NC(=O)CN)C(=O)N1CCC[C@H]1C(=O)NCC(=O)N[C@H](C(=O)NCC(=O)O)C(C)C. The number of nitrogens with one attached hydrogen (secondary N) is 4. The quantitative estimate of drug-likeness (QED) is 0.166. The van der Waals surface area contributed by atoms with E-state index in [4.69, 9.17) is 10.8 Å². The first-order chi connectivity index (χ1) is 16.4. The fourth-order valence-electron chi connectivity index (χ4n) is 3.71. The molecule has 0 radical (unpaired) electrons. The van der Waals surface area contributed by atoms with E-state index in [0.29, 0.717) is 25.8 Å². The Morgan fingerprint density at radius 1 is 0.971 bits per heavy atom. The van der Waals surface area contributed by atoms with Crippen LogP contribution in [0.25, 0.3) is 0 Å². The van der Waals surface area contributed by atoms with E-state index in [1.165, 1.54) is 4.90 Å². The van der Waals surface area contributed by atoms with Crippen LogP contribution in [0.4, 0.5) is 0 Å². The van der Waals surface area contributed by atoms with Gasteiger partial charge in [-0.3, -0.25) is 28.8 Å². The molecule has 1 saturated heterocycles. The third-order valence-corrected chi connectivity index (χ3v) is 5.92. The van der Waals surface area contributed by atoms with Gasteiger partial charge in [0.15, 0.2) is 0 Å². The molecule has 0 bridgehead atoms. The molecule has 4 atom stereocenters. The summed E-state index contributed by atoms with van der Waals surface area (Å²) in [5.74, 6) is -4.35. The molecule has 0 spiro atoms.